The second-order valence-electron chi connectivity index (χ2n) is 4.27. The largest absolute Gasteiger partial charge is 0.356 e. The van der Waals surface area contributed by atoms with Crippen LogP contribution in [0.25, 0.3) is 0 Å². The summed E-state index contributed by atoms with van der Waals surface area (Å²) in [5.74, 6) is 2.42. The molecule has 1 aliphatic rings. The van der Waals surface area contributed by atoms with Gasteiger partial charge in [-0.15, -0.1) is 23.5 Å². The molecule has 2 nitrogen and oxygen atoms in total. The normalized spacial score (nSPS) is 19.1. The summed E-state index contributed by atoms with van der Waals surface area (Å²) in [6, 6.07) is 10.7. The van der Waals surface area contributed by atoms with Gasteiger partial charge in [-0.25, -0.2) is 0 Å². The van der Waals surface area contributed by atoms with E-state index in [0.29, 0.717) is 0 Å². The van der Waals surface area contributed by atoms with Crippen molar-refractivity contribution >= 4 is 23.5 Å². The van der Waals surface area contributed by atoms with Crippen LogP contribution >= 0.6 is 23.5 Å². The van der Waals surface area contributed by atoms with Crippen LogP contribution in [0.3, 0.4) is 0 Å². The molecule has 1 aliphatic heterocycles. The van der Waals surface area contributed by atoms with E-state index in [4.69, 9.17) is 9.47 Å². The third kappa shape index (κ3) is 3.23. The number of thioether (sulfide) groups is 2. The van der Waals surface area contributed by atoms with Crippen LogP contribution in [0.4, 0.5) is 0 Å². The van der Waals surface area contributed by atoms with Crippen LogP contribution in [-0.4, -0.2) is 32.0 Å². The minimum Gasteiger partial charge on any atom is -0.356 e. The summed E-state index contributed by atoms with van der Waals surface area (Å²) < 4.78 is 10.9. The van der Waals surface area contributed by atoms with Crippen molar-refractivity contribution in [2.24, 2.45) is 0 Å². The zero-order chi connectivity index (χ0) is 12.8. The highest BCUT2D eigenvalue weighted by Crippen LogP contribution is 2.53. The first-order valence-electron chi connectivity index (χ1n) is 6.20. The molecule has 0 N–H and O–H groups in total. The molecule has 1 fully saturated rings. The van der Waals surface area contributed by atoms with Gasteiger partial charge in [-0.3, -0.25) is 0 Å². The summed E-state index contributed by atoms with van der Waals surface area (Å²) in [7, 11) is 3.43. The summed E-state index contributed by atoms with van der Waals surface area (Å²) in [6.45, 7) is 0. The standard InChI is InChI=1S/C14H20O2S2/c1-15-13(16-2)11-14(17-9-6-10-18-14)12-7-4-3-5-8-12/h3-5,7-8,13H,6,9-11H2,1-2H3. The molecule has 0 aliphatic carbocycles. The predicted molar refractivity (Wildman–Crippen MR) is 80.1 cm³/mol. The van der Waals surface area contributed by atoms with E-state index in [0.717, 1.165) is 6.42 Å². The Morgan fingerprint density at radius 1 is 1.11 bits per heavy atom. The van der Waals surface area contributed by atoms with E-state index < -0.39 is 0 Å². The Morgan fingerprint density at radius 3 is 2.28 bits per heavy atom. The van der Waals surface area contributed by atoms with Gasteiger partial charge in [0, 0.05) is 20.6 Å². The number of benzene rings is 1. The van der Waals surface area contributed by atoms with Gasteiger partial charge in [-0.2, -0.15) is 0 Å². The van der Waals surface area contributed by atoms with Crippen LogP contribution in [0.15, 0.2) is 30.3 Å². The van der Waals surface area contributed by atoms with E-state index in [1.807, 2.05) is 23.5 Å². The highest BCUT2D eigenvalue weighted by molar-refractivity contribution is 8.18. The molecule has 1 aromatic rings. The van der Waals surface area contributed by atoms with E-state index in [-0.39, 0.29) is 10.4 Å². The number of hydrogen-bond donors (Lipinski definition) is 0. The Balaban J connectivity index is 2.23. The maximum atomic E-state index is 5.40. The summed E-state index contributed by atoms with van der Waals surface area (Å²) in [5.41, 5.74) is 1.37. The van der Waals surface area contributed by atoms with Gasteiger partial charge >= 0.3 is 0 Å². The first-order valence-corrected chi connectivity index (χ1v) is 8.17. The SMILES string of the molecule is COC(CC1(c2ccccc2)SCCCS1)OC. The van der Waals surface area contributed by atoms with Crippen molar-refractivity contribution in [3.05, 3.63) is 35.9 Å². The Kier molecular flexibility index (Phi) is 5.42. The first kappa shape index (κ1) is 14.3. The molecule has 100 valence electrons. The lowest BCUT2D eigenvalue weighted by Gasteiger charge is -2.38. The highest BCUT2D eigenvalue weighted by Gasteiger charge is 2.38. The van der Waals surface area contributed by atoms with Crippen molar-refractivity contribution in [3.8, 4) is 0 Å². The lowest BCUT2D eigenvalue weighted by Crippen LogP contribution is -2.30. The van der Waals surface area contributed by atoms with E-state index in [9.17, 15) is 0 Å². The molecule has 0 bridgehead atoms. The van der Waals surface area contributed by atoms with Crippen LogP contribution in [0.2, 0.25) is 0 Å². The zero-order valence-corrected chi connectivity index (χ0v) is 12.6. The minimum atomic E-state index is -0.136. The van der Waals surface area contributed by atoms with Crippen molar-refractivity contribution in [1.29, 1.82) is 0 Å². The van der Waals surface area contributed by atoms with Crippen molar-refractivity contribution in [3.63, 3.8) is 0 Å². The monoisotopic (exact) mass is 284 g/mol. The van der Waals surface area contributed by atoms with Gasteiger partial charge in [0.15, 0.2) is 6.29 Å². The van der Waals surface area contributed by atoms with Crippen LogP contribution in [0.1, 0.15) is 18.4 Å². The number of rotatable bonds is 5. The van der Waals surface area contributed by atoms with Gasteiger partial charge in [0.05, 0.1) is 4.08 Å². The average Bonchev–Trinajstić information content (AvgIpc) is 2.47. The number of hydrogen-bond acceptors (Lipinski definition) is 4. The Labute approximate surface area is 118 Å². The average molecular weight is 284 g/mol. The third-order valence-corrected chi connectivity index (χ3v) is 6.56. The molecule has 0 atom stereocenters. The van der Waals surface area contributed by atoms with Gasteiger partial charge in [-0.05, 0) is 23.5 Å². The Bertz CT molecular complexity index is 346. The molecule has 0 saturated carbocycles. The number of methoxy groups -OCH3 is 2. The highest BCUT2D eigenvalue weighted by atomic mass is 32.2. The van der Waals surface area contributed by atoms with Crippen LogP contribution in [0, 0.1) is 0 Å². The quantitative estimate of drug-likeness (QED) is 0.767. The molecule has 0 aromatic heterocycles. The van der Waals surface area contributed by atoms with E-state index in [1.54, 1.807) is 14.2 Å². The molecular weight excluding hydrogens is 264 g/mol. The molecule has 1 saturated heterocycles. The zero-order valence-electron chi connectivity index (χ0n) is 10.9. The first-order chi connectivity index (χ1) is 8.80. The second kappa shape index (κ2) is 6.85. The van der Waals surface area contributed by atoms with Gasteiger partial charge in [0.1, 0.15) is 0 Å². The van der Waals surface area contributed by atoms with Gasteiger partial charge in [0.2, 0.25) is 0 Å². The lowest BCUT2D eigenvalue weighted by molar-refractivity contribution is -0.107. The molecule has 2 rings (SSSR count). The minimum absolute atomic E-state index is 0.0796. The second-order valence-corrected chi connectivity index (χ2v) is 7.32. The van der Waals surface area contributed by atoms with Gasteiger partial charge in [0.25, 0.3) is 0 Å². The third-order valence-electron chi connectivity index (χ3n) is 3.13. The van der Waals surface area contributed by atoms with Crippen LogP contribution in [0.5, 0.6) is 0 Å². The Morgan fingerprint density at radius 2 is 1.72 bits per heavy atom. The number of ether oxygens (including phenoxy) is 2. The molecule has 18 heavy (non-hydrogen) atoms. The molecular formula is C14H20O2S2. The molecule has 4 heteroatoms. The molecule has 0 radical (unpaired) electrons. The predicted octanol–water partition coefficient (Wildman–Crippen LogP) is 3.72. The molecule has 0 unspecified atom stereocenters. The van der Waals surface area contributed by atoms with Crippen molar-refractivity contribution in [1.82, 2.24) is 0 Å². The van der Waals surface area contributed by atoms with Crippen molar-refractivity contribution in [2.45, 2.75) is 23.2 Å². The van der Waals surface area contributed by atoms with Crippen LogP contribution < -0.4 is 0 Å². The summed E-state index contributed by atoms with van der Waals surface area (Å²) in [6.07, 6.45) is 2.04. The summed E-state index contributed by atoms with van der Waals surface area (Å²) in [5, 5.41) is 0. The summed E-state index contributed by atoms with van der Waals surface area (Å²) in [4.78, 5) is 0. The van der Waals surface area contributed by atoms with Gasteiger partial charge < -0.3 is 9.47 Å². The molecule has 1 heterocycles. The van der Waals surface area contributed by atoms with E-state index >= 15 is 0 Å². The van der Waals surface area contributed by atoms with E-state index in [1.165, 1.54) is 23.5 Å². The fourth-order valence-electron chi connectivity index (χ4n) is 2.15. The fraction of sp³-hybridized carbons (Fsp3) is 0.571. The maximum absolute atomic E-state index is 5.40. The van der Waals surface area contributed by atoms with Gasteiger partial charge in [-0.1, -0.05) is 30.3 Å². The summed E-state index contributed by atoms with van der Waals surface area (Å²) >= 11 is 4.05. The molecule has 0 spiro atoms. The maximum Gasteiger partial charge on any atom is 0.159 e. The topological polar surface area (TPSA) is 18.5 Å². The smallest absolute Gasteiger partial charge is 0.159 e. The Hall–Kier alpha value is -0.160. The molecule has 0 amide bonds. The van der Waals surface area contributed by atoms with Crippen LogP contribution in [-0.2, 0) is 13.6 Å². The van der Waals surface area contributed by atoms with Crippen molar-refractivity contribution in [2.75, 3.05) is 25.7 Å². The van der Waals surface area contributed by atoms with Crippen molar-refractivity contribution < 1.29 is 9.47 Å². The molecule has 1 aromatic carbocycles. The lowest BCUT2D eigenvalue weighted by atomic mass is 10.1. The van der Waals surface area contributed by atoms with E-state index in [2.05, 4.69) is 30.3 Å². The fourth-order valence-corrected chi connectivity index (χ4v) is 5.52.